The van der Waals surface area contributed by atoms with Gasteiger partial charge in [-0.3, -0.25) is 4.79 Å². The Morgan fingerprint density at radius 2 is 1.95 bits per heavy atom. The van der Waals surface area contributed by atoms with Gasteiger partial charge in [-0.2, -0.15) is 4.31 Å². The van der Waals surface area contributed by atoms with Crippen LogP contribution in [0.15, 0.2) is 65.6 Å². The number of aliphatic hydroxyl groups is 1. The van der Waals surface area contributed by atoms with Crippen LogP contribution >= 0.6 is 0 Å². The molecule has 1 atom stereocenters. The number of aliphatic hydroxyl groups excluding tert-OH is 1. The van der Waals surface area contributed by atoms with Crippen molar-refractivity contribution in [3.63, 3.8) is 0 Å². The van der Waals surface area contributed by atoms with Crippen LogP contribution in [0.3, 0.4) is 0 Å². The van der Waals surface area contributed by atoms with E-state index in [4.69, 9.17) is 4.74 Å². The maximum Gasteiger partial charge on any atom is 0.243 e. The van der Waals surface area contributed by atoms with Crippen LogP contribution in [0.25, 0.3) is 11.3 Å². The third kappa shape index (κ3) is 4.74. The number of carbonyl (C=O) groups excluding carboxylic acids is 1. The molecule has 1 saturated heterocycles. The zero-order valence-electron chi connectivity index (χ0n) is 21.0. The van der Waals surface area contributed by atoms with Crippen molar-refractivity contribution >= 4 is 21.7 Å². The molecule has 1 aliphatic heterocycles. The Labute approximate surface area is 221 Å². The molecule has 0 spiro atoms. The van der Waals surface area contributed by atoms with Crippen molar-refractivity contribution in [3.8, 4) is 17.0 Å². The molecule has 2 fully saturated rings. The standard InChI is InChI=1S/C28H31N3O5S.3H2/c1-19-8-11-22(36-2)17-24(19)28(14-15-28)27(33)30-26-7-3-6-25(29-26)20-9-12-23(13-10-20)37(34,35)31-16-4-5-21(31)18-32;;;/h3,6-13,17,21,32H,4-5,14-16,18H2,1-2H3,(H,29,30,33);3*1H/t21-;;;/m1.../s1. The first-order chi connectivity index (χ1) is 17.8. The van der Waals surface area contributed by atoms with E-state index < -0.39 is 15.4 Å². The molecule has 1 aliphatic carbocycles. The summed E-state index contributed by atoms with van der Waals surface area (Å²) >= 11 is 0. The Morgan fingerprint density at radius 1 is 1.19 bits per heavy atom. The average Bonchev–Trinajstić information content (AvgIpc) is 3.57. The Balaban J connectivity index is 0.00000187. The van der Waals surface area contributed by atoms with Crippen LogP contribution in [0.5, 0.6) is 5.75 Å². The first-order valence-corrected chi connectivity index (χ1v) is 13.9. The van der Waals surface area contributed by atoms with Crippen LogP contribution in [0.1, 0.15) is 41.1 Å². The van der Waals surface area contributed by atoms with Gasteiger partial charge in [-0.15, -0.1) is 0 Å². The fourth-order valence-corrected chi connectivity index (χ4v) is 6.81. The third-order valence-electron chi connectivity index (χ3n) is 7.43. The van der Waals surface area contributed by atoms with Gasteiger partial charge in [-0.05, 0) is 80.1 Å². The van der Waals surface area contributed by atoms with E-state index >= 15 is 0 Å². The summed E-state index contributed by atoms with van der Waals surface area (Å²) in [5.41, 5.74) is 2.79. The van der Waals surface area contributed by atoms with Crippen molar-refractivity contribution in [1.29, 1.82) is 0 Å². The molecule has 2 N–H and O–H groups in total. The van der Waals surface area contributed by atoms with Gasteiger partial charge in [0.2, 0.25) is 15.9 Å². The first-order valence-electron chi connectivity index (χ1n) is 12.5. The van der Waals surface area contributed by atoms with Gasteiger partial charge in [0, 0.05) is 22.4 Å². The number of carbonyl (C=O) groups is 1. The molecule has 1 saturated carbocycles. The molecular weight excluding hydrogens is 490 g/mol. The SMILES string of the molecule is COc1ccc(C)c(C2(C(=O)Nc3cccc(-c4ccc(S(=O)(=O)N5CCC[C@@H]5CO)cc4)n3)CC2)c1.[HH].[HH].[HH]. The zero-order valence-corrected chi connectivity index (χ0v) is 21.8. The monoisotopic (exact) mass is 527 g/mol. The number of hydrogen-bond donors (Lipinski definition) is 2. The molecule has 1 aromatic heterocycles. The third-order valence-corrected chi connectivity index (χ3v) is 9.39. The minimum absolute atomic E-state index is 0. The number of nitrogens with zero attached hydrogens (tertiary/aromatic N) is 2. The van der Waals surface area contributed by atoms with Crippen LogP contribution in [0.4, 0.5) is 5.82 Å². The number of rotatable bonds is 8. The summed E-state index contributed by atoms with van der Waals surface area (Å²) in [6, 6.07) is 17.4. The number of amides is 1. The Morgan fingerprint density at radius 3 is 2.62 bits per heavy atom. The van der Waals surface area contributed by atoms with Crippen molar-refractivity contribution in [2.24, 2.45) is 0 Å². The smallest absolute Gasteiger partial charge is 0.243 e. The van der Waals surface area contributed by atoms with Crippen molar-refractivity contribution in [3.05, 3.63) is 71.8 Å². The molecule has 1 amide bonds. The summed E-state index contributed by atoms with van der Waals surface area (Å²) in [5, 5.41) is 12.5. The Hall–Kier alpha value is -3.27. The van der Waals surface area contributed by atoms with Crippen LogP contribution in [-0.2, 0) is 20.2 Å². The van der Waals surface area contributed by atoms with Crippen molar-refractivity contribution < 1.29 is 27.3 Å². The second-order valence-corrected chi connectivity index (χ2v) is 11.6. The van der Waals surface area contributed by atoms with Crippen LogP contribution in [0.2, 0.25) is 0 Å². The largest absolute Gasteiger partial charge is 0.497 e. The molecule has 0 bridgehead atoms. The number of pyridine rings is 1. The van der Waals surface area contributed by atoms with Gasteiger partial charge in [0.1, 0.15) is 11.6 Å². The number of ether oxygens (including phenoxy) is 1. The summed E-state index contributed by atoms with van der Waals surface area (Å²) in [4.78, 5) is 18.2. The number of methoxy groups -OCH3 is 1. The summed E-state index contributed by atoms with van der Waals surface area (Å²) in [5.74, 6) is 1.06. The fourth-order valence-electron chi connectivity index (χ4n) is 5.13. The van der Waals surface area contributed by atoms with Gasteiger partial charge in [0.05, 0.1) is 29.7 Å². The van der Waals surface area contributed by atoms with E-state index in [-0.39, 0.29) is 27.7 Å². The molecule has 8 nitrogen and oxygen atoms in total. The summed E-state index contributed by atoms with van der Waals surface area (Å²) in [6.45, 7) is 2.23. The molecule has 0 unspecified atom stereocenters. The van der Waals surface area contributed by atoms with Gasteiger partial charge in [0.15, 0.2) is 0 Å². The molecule has 200 valence electrons. The maximum absolute atomic E-state index is 13.3. The highest BCUT2D eigenvalue weighted by molar-refractivity contribution is 7.89. The lowest BCUT2D eigenvalue weighted by Crippen LogP contribution is -2.37. The van der Waals surface area contributed by atoms with Gasteiger partial charge in [-0.1, -0.05) is 24.3 Å². The van der Waals surface area contributed by atoms with Gasteiger partial charge >= 0.3 is 0 Å². The maximum atomic E-state index is 13.3. The summed E-state index contributed by atoms with van der Waals surface area (Å²) in [7, 11) is -2.07. The molecular formula is C28H37N3O5S. The lowest BCUT2D eigenvalue weighted by atomic mass is 9.90. The number of nitrogens with one attached hydrogen (secondary N) is 1. The first kappa shape index (κ1) is 25.4. The topological polar surface area (TPSA) is 109 Å². The van der Waals surface area contributed by atoms with E-state index in [1.165, 1.54) is 4.31 Å². The molecule has 37 heavy (non-hydrogen) atoms. The van der Waals surface area contributed by atoms with Crippen molar-refractivity contribution in [2.45, 2.75) is 49.0 Å². The molecule has 2 aliphatic rings. The molecule has 5 rings (SSSR count). The van der Waals surface area contributed by atoms with Gasteiger partial charge in [0.25, 0.3) is 0 Å². The van der Waals surface area contributed by atoms with Crippen LogP contribution in [-0.4, -0.2) is 55.0 Å². The number of aromatic nitrogens is 1. The average molecular weight is 528 g/mol. The number of anilines is 1. The van der Waals surface area contributed by atoms with Gasteiger partial charge in [-0.25, -0.2) is 13.4 Å². The lowest BCUT2D eigenvalue weighted by Gasteiger charge is -2.22. The molecule has 3 aromatic rings. The van der Waals surface area contributed by atoms with Crippen molar-refractivity contribution in [2.75, 3.05) is 25.6 Å². The van der Waals surface area contributed by atoms with Crippen LogP contribution in [0, 0.1) is 6.92 Å². The van der Waals surface area contributed by atoms with E-state index in [0.717, 1.165) is 41.7 Å². The van der Waals surface area contributed by atoms with Gasteiger partial charge < -0.3 is 15.2 Å². The fraction of sp³-hybridized carbons (Fsp3) is 0.357. The summed E-state index contributed by atoms with van der Waals surface area (Å²) < 4.78 is 32.9. The zero-order chi connectivity index (χ0) is 26.2. The van der Waals surface area contributed by atoms with Crippen LogP contribution < -0.4 is 10.1 Å². The predicted molar refractivity (Wildman–Crippen MR) is 147 cm³/mol. The van der Waals surface area contributed by atoms with Crippen molar-refractivity contribution in [1.82, 2.24) is 9.29 Å². The van der Waals surface area contributed by atoms with E-state index in [9.17, 15) is 18.3 Å². The highest BCUT2D eigenvalue weighted by Gasteiger charge is 2.52. The highest BCUT2D eigenvalue weighted by atomic mass is 32.2. The molecule has 2 aromatic carbocycles. The number of aryl methyl sites for hydroxylation is 1. The Bertz CT molecular complexity index is 1430. The number of hydrogen-bond acceptors (Lipinski definition) is 6. The normalized spacial score (nSPS) is 18.9. The number of benzene rings is 2. The Kier molecular flexibility index (Phi) is 6.78. The highest BCUT2D eigenvalue weighted by Crippen LogP contribution is 2.50. The lowest BCUT2D eigenvalue weighted by molar-refractivity contribution is -0.118. The van der Waals surface area contributed by atoms with E-state index in [1.807, 2.05) is 37.3 Å². The second-order valence-electron chi connectivity index (χ2n) is 9.74. The molecule has 9 heteroatoms. The summed E-state index contributed by atoms with van der Waals surface area (Å²) in [6.07, 6.45) is 2.92. The minimum atomic E-state index is -3.68. The minimum Gasteiger partial charge on any atom is -0.497 e. The number of sulfonamides is 1. The quantitative estimate of drug-likeness (QED) is 0.443. The van der Waals surface area contributed by atoms with E-state index in [0.29, 0.717) is 24.5 Å². The predicted octanol–water partition coefficient (Wildman–Crippen LogP) is 4.62. The van der Waals surface area contributed by atoms with E-state index in [1.54, 1.807) is 37.4 Å². The van der Waals surface area contributed by atoms with E-state index in [2.05, 4.69) is 10.3 Å². The molecule has 0 radical (unpaired) electrons. The second kappa shape index (κ2) is 9.89. The molecule has 2 heterocycles.